The summed E-state index contributed by atoms with van der Waals surface area (Å²) >= 11 is 0. The Balaban J connectivity index is 3.37. The largest absolute Gasteiger partial charge is 0.446 e. The molecule has 0 aromatic heterocycles. The fourth-order valence-electron chi connectivity index (χ4n) is 0.398. The molecule has 0 heterocycles. The SMILES string of the molecule is CCC(C)OC(=O)NNC. The number of hydrazine groups is 1. The Morgan fingerprint density at radius 1 is 1.70 bits per heavy atom. The van der Waals surface area contributed by atoms with Crippen molar-refractivity contribution in [1.82, 2.24) is 10.9 Å². The van der Waals surface area contributed by atoms with Gasteiger partial charge < -0.3 is 4.74 Å². The van der Waals surface area contributed by atoms with Crippen LogP contribution in [0.3, 0.4) is 0 Å². The van der Waals surface area contributed by atoms with Gasteiger partial charge in [-0.05, 0) is 13.3 Å². The molecule has 1 atom stereocenters. The Labute approximate surface area is 60.9 Å². The van der Waals surface area contributed by atoms with E-state index < -0.39 is 6.09 Å². The van der Waals surface area contributed by atoms with E-state index in [4.69, 9.17) is 4.74 Å². The first-order chi connectivity index (χ1) is 4.70. The molecule has 4 nitrogen and oxygen atoms in total. The summed E-state index contributed by atoms with van der Waals surface area (Å²) in [5.41, 5.74) is 4.77. The van der Waals surface area contributed by atoms with Crippen LogP contribution < -0.4 is 10.9 Å². The van der Waals surface area contributed by atoms with E-state index in [1.807, 2.05) is 13.8 Å². The first kappa shape index (κ1) is 9.23. The molecule has 60 valence electrons. The van der Waals surface area contributed by atoms with Gasteiger partial charge in [0, 0.05) is 7.05 Å². The molecule has 1 unspecified atom stereocenters. The third-order valence-electron chi connectivity index (χ3n) is 1.11. The first-order valence-electron chi connectivity index (χ1n) is 3.34. The van der Waals surface area contributed by atoms with Gasteiger partial charge >= 0.3 is 6.09 Å². The van der Waals surface area contributed by atoms with E-state index >= 15 is 0 Å². The van der Waals surface area contributed by atoms with Crippen LogP contribution in [-0.4, -0.2) is 19.2 Å². The second-order valence-corrected chi connectivity index (χ2v) is 2.00. The quantitative estimate of drug-likeness (QED) is 0.575. The molecule has 0 aromatic carbocycles. The average molecular weight is 146 g/mol. The number of hydrogen-bond acceptors (Lipinski definition) is 3. The molecule has 4 heteroatoms. The molecular formula is C6H14N2O2. The zero-order chi connectivity index (χ0) is 7.98. The van der Waals surface area contributed by atoms with Gasteiger partial charge in [-0.3, -0.25) is 5.43 Å². The molecule has 0 fully saturated rings. The van der Waals surface area contributed by atoms with E-state index in [1.54, 1.807) is 7.05 Å². The second kappa shape index (κ2) is 5.05. The van der Waals surface area contributed by atoms with Crippen LogP contribution in [0.25, 0.3) is 0 Å². The molecular weight excluding hydrogens is 132 g/mol. The van der Waals surface area contributed by atoms with Crippen molar-refractivity contribution >= 4 is 6.09 Å². The summed E-state index contributed by atoms with van der Waals surface area (Å²) in [6.45, 7) is 3.80. The molecule has 0 aliphatic rings. The van der Waals surface area contributed by atoms with E-state index in [1.165, 1.54) is 0 Å². The van der Waals surface area contributed by atoms with Crippen molar-refractivity contribution in [2.45, 2.75) is 26.4 Å². The maximum absolute atomic E-state index is 10.6. The van der Waals surface area contributed by atoms with E-state index in [-0.39, 0.29) is 6.10 Å². The van der Waals surface area contributed by atoms with Gasteiger partial charge in [-0.2, -0.15) is 0 Å². The van der Waals surface area contributed by atoms with Crippen LogP contribution in [0, 0.1) is 0 Å². The molecule has 2 N–H and O–H groups in total. The van der Waals surface area contributed by atoms with Crippen LogP contribution in [0.4, 0.5) is 4.79 Å². The summed E-state index contributed by atoms with van der Waals surface area (Å²) in [5.74, 6) is 0. The van der Waals surface area contributed by atoms with Crippen molar-refractivity contribution in [2.24, 2.45) is 0 Å². The maximum Gasteiger partial charge on any atom is 0.421 e. The van der Waals surface area contributed by atoms with Gasteiger partial charge in [0.2, 0.25) is 0 Å². The van der Waals surface area contributed by atoms with Gasteiger partial charge in [-0.15, -0.1) is 0 Å². The fourth-order valence-corrected chi connectivity index (χ4v) is 0.398. The number of amides is 1. The highest BCUT2D eigenvalue weighted by Crippen LogP contribution is 1.94. The number of carbonyl (C=O) groups excluding carboxylic acids is 1. The molecule has 0 saturated heterocycles. The van der Waals surface area contributed by atoms with Crippen LogP contribution in [0.15, 0.2) is 0 Å². The van der Waals surface area contributed by atoms with E-state index in [9.17, 15) is 4.79 Å². The minimum absolute atomic E-state index is 0.0200. The number of carbonyl (C=O) groups is 1. The van der Waals surface area contributed by atoms with Crippen LogP contribution in [0.5, 0.6) is 0 Å². The van der Waals surface area contributed by atoms with Gasteiger partial charge in [-0.25, -0.2) is 10.2 Å². The van der Waals surface area contributed by atoms with Crippen molar-refractivity contribution in [3.8, 4) is 0 Å². The molecule has 0 aliphatic carbocycles. The van der Waals surface area contributed by atoms with E-state index in [0.717, 1.165) is 6.42 Å². The molecule has 0 aromatic rings. The Hall–Kier alpha value is -0.770. The van der Waals surface area contributed by atoms with Crippen LogP contribution in [-0.2, 0) is 4.74 Å². The standard InChI is InChI=1S/C6H14N2O2/c1-4-5(2)10-6(9)8-7-3/h5,7H,4H2,1-3H3,(H,8,9). The van der Waals surface area contributed by atoms with Crippen molar-refractivity contribution in [3.05, 3.63) is 0 Å². The lowest BCUT2D eigenvalue weighted by Crippen LogP contribution is -2.36. The van der Waals surface area contributed by atoms with Gasteiger partial charge in [0.15, 0.2) is 0 Å². The molecule has 1 amide bonds. The van der Waals surface area contributed by atoms with Crippen LogP contribution in [0.1, 0.15) is 20.3 Å². The topological polar surface area (TPSA) is 50.4 Å². The lowest BCUT2D eigenvalue weighted by atomic mass is 10.3. The highest BCUT2D eigenvalue weighted by Gasteiger charge is 2.04. The van der Waals surface area contributed by atoms with Crippen LogP contribution in [0.2, 0.25) is 0 Å². The molecule has 0 radical (unpaired) electrons. The zero-order valence-corrected chi connectivity index (χ0v) is 6.60. The van der Waals surface area contributed by atoms with Crippen molar-refractivity contribution in [3.63, 3.8) is 0 Å². The van der Waals surface area contributed by atoms with Gasteiger partial charge in [0.05, 0.1) is 0 Å². The second-order valence-electron chi connectivity index (χ2n) is 2.00. The summed E-state index contributed by atoms with van der Waals surface area (Å²) in [7, 11) is 1.61. The lowest BCUT2D eigenvalue weighted by molar-refractivity contribution is 0.102. The number of rotatable bonds is 3. The van der Waals surface area contributed by atoms with E-state index in [0.29, 0.717) is 0 Å². The van der Waals surface area contributed by atoms with E-state index in [2.05, 4.69) is 10.9 Å². The molecule has 0 rings (SSSR count). The monoisotopic (exact) mass is 146 g/mol. The van der Waals surface area contributed by atoms with Gasteiger partial charge in [-0.1, -0.05) is 6.92 Å². The van der Waals surface area contributed by atoms with Gasteiger partial charge in [0.1, 0.15) is 6.10 Å². The predicted molar refractivity (Wildman–Crippen MR) is 38.4 cm³/mol. The Bertz CT molecular complexity index is 106. The summed E-state index contributed by atoms with van der Waals surface area (Å²) in [5, 5.41) is 0. The Morgan fingerprint density at radius 3 is 2.70 bits per heavy atom. The van der Waals surface area contributed by atoms with Gasteiger partial charge in [0.25, 0.3) is 0 Å². The highest BCUT2D eigenvalue weighted by atomic mass is 16.6. The molecule has 0 saturated carbocycles. The van der Waals surface area contributed by atoms with Crippen molar-refractivity contribution < 1.29 is 9.53 Å². The number of ether oxygens (including phenoxy) is 1. The summed E-state index contributed by atoms with van der Waals surface area (Å²) in [6, 6.07) is 0. The predicted octanol–water partition coefficient (Wildman–Crippen LogP) is 0.645. The molecule has 0 aliphatic heterocycles. The minimum atomic E-state index is -0.433. The first-order valence-corrected chi connectivity index (χ1v) is 3.34. The minimum Gasteiger partial charge on any atom is -0.446 e. The Morgan fingerprint density at radius 2 is 2.30 bits per heavy atom. The third kappa shape index (κ3) is 4.14. The Kier molecular flexibility index (Phi) is 4.66. The molecule has 0 bridgehead atoms. The normalized spacial score (nSPS) is 12.3. The number of hydrogen-bond donors (Lipinski definition) is 2. The fraction of sp³-hybridized carbons (Fsp3) is 0.833. The lowest BCUT2D eigenvalue weighted by Gasteiger charge is -2.10. The van der Waals surface area contributed by atoms with Crippen molar-refractivity contribution in [1.29, 1.82) is 0 Å². The van der Waals surface area contributed by atoms with Crippen molar-refractivity contribution in [2.75, 3.05) is 7.05 Å². The summed E-state index contributed by atoms with van der Waals surface area (Å²) < 4.78 is 4.83. The molecule has 10 heavy (non-hydrogen) atoms. The third-order valence-corrected chi connectivity index (χ3v) is 1.11. The summed E-state index contributed by atoms with van der Waals surface area (Å²) in [4.78, 5) is 10.6. The highest BCUT2D eigenvalue weighted by molar-refractivity contribution is 5.66. The zero-order valence-electron chi connectivity index (χ0n) is 6.60. The average Bonchev–Trinajstić information content (AvgIpc) is 1.88. The smallest absolute Gasteiger partial charge is 0.421 e. The number of nitrogens with one attached hydrogen (secondary N) is 2. The van der Waals surface area contributed by atoms with Crippen LogP contribution >= 0.6 is 0 Å². The molecule has 0 spiro atoms. The summed E-state index contributed by atoms with van der Waals surface area (Å²) in [6.07, 6.45) is 0.377. The maximum atomic E-state index is 10.6.